The van der Waals surface area contributed by atoms with Crippen molar-refractivity contribution in [3.8, 4) is 5.75 Å². The third-order valence-electron chi connectivity index (χ3n) is 1.83. The smallest absolute Gasteiger partial charge is 0.177 e. The van der Waals surface area contributed by atoms with E-state index in [2.05, 4.69) is 11.9 Å². The minimum atomic E-state index is 0.236. The highest BCUT2D eigenvalue weighted by atomic mass is 16.5. The lowest BCUT2D eigenvalue weighted by Crippen LogP contribution is -2.04. The molecule has 56 valence electrons. The number of fused-ring (bicyclic) bond motifs is 1. The highest BCUT2D eigenvalue weighted by Crippen LogP contribution is 2.29. The van der Waals surface area contributed by atoms with Crippen molar-refractivity contribution in [2.45, 2.75) is 13.0 Å². The quantitative estimate of drug-likeness (QED) is 0.551. The van der Waals surface area contributed by atoms with Gasteiger partial charge in [-0.1, -0.05) is 18.2 Å². The third-order valence-corrected chi connectivity index (χ3v) is 1.83. The summed E-state index contributed by atoms with van der Waals surface area (Å²) in [5, 5.41) is 0. The van der Waals surface area contributed by atoms with Crippen LogP contribution in [0.4, 0.5) is 0 Å². The second-order valence-corrected chi connectivity index (χ2v) is 2.59. The van der Waals surface area contributed by atoms with Crippen LogP contribution in [0.1, 0.15) is 18.5 Å². The average molecular weight is 147 g/mol. The molecule has 2 nitrogen and oxygen atoms in total. The van der Waals surface area contributed by atoms with Crippen molar-refractivity contribution in [2.24, 2.45) is 4.99 Å². The first-order valence-corrected chi connectivity index (χ1v) is 3.65. The molecule has 0 aliphatic carbocycles. The van der Waals surface area contributed by atoms with E-state index in [0.29, 0.717) is 0 Å². The monoisotopic (exact) mass is 147 g/mol. The Labute approximate surface area is 65.5 Å². The van der Waals surface area contributed by atoms with Crippen LogP contribution in [0.25, 0.3) is 0 Å². The molecule has 0 N–H and O–H groups in total. The maximum Gasteiger partial charge on any atom is 0.177 e. The molecule has 0 saturated heterocycles. The number of rotatable bonds is 0. The molecule has 11 heavy (non-hydrogen) atoms. The van der Waals surface area contributed by atoms with Gasteiger partial charge in [-0.3, -0.25) is 4.99 Å². The van der Waals surface area contributed by atoms with Gasteiger partial charge in [-0.2, -0.15) is 0 Å². The summed E-state index contributed by atoms with van der Waals surface area (Å²) < 4.78 is 5.20. The lowest BCUT2D eigenvalue weighted by molar-refractivity contribution is 0.526. The second kappa shape index (κ2) is 2.38. The molecular formula is C9H9NO. The summed E-state index contributed by atoms with van der Waals surface area (Å²) >= 11 is 0. The van der Waals surface area contributed by atoms with Gasteiger partial charge in [0.1, 0.15) is 5.75 Å². The summed E-state index contributed by atoms with van der Waals surface area (Å²) in [6, 6.07) is 8.19. The molecule has 0 fully saturated rings. The van der Waals surface area contributed by atoms with Crippen LogP contribution in [-0.2, 0) is 0 Å². The molecule has 1 aliphatic rings. The highest BCUT2D eigenvalue weighted by molar-refractivity contribution is 5.57. The van der Waals surface area contributed by atoms with E-state index >= 15 is 0 Å². The molecule has 2 rings (SSSR count). The van der Waals surface area contributed by atoms with E-state index in [4.69, 9.17) is 4.74 Å². The molecule has 2 heteroatoms. The Morgan fingerprint density at radius 2 is 2.18 bits per heavy atom. The van der Waals surface area contributed by atoms with Crippen molar-refractivity contribution in [1.29, 1.82) is 0 Å². The van der Waals surface area contributed by atoms with Gasteiger partial charge in [0.15, 0.2) is 6.40 Å². The maximum absolute atomic E-state index is 5.20. The summed E-state index contributed by atoms with van der Waals surface area (Å²) in [4.78, 5) is 4.12. The van der Waals surface area contributed by atoms with Crippen molar-refractivity contribution in [3.05, 3.63) is 29.8 Å². The number of ether oxygens (including phenoxy) is 1. The van der Waals surface area contributed by atoms with Crippen molar-refractivity contribution >= 4 is 6.40 Å². The first-order valence-electron chi connectivity index (χ1n) is 3.65. The molecule has 1 aromatic rings. The fraction of sp³-hybridized carbons (Fsp3) is 0.222. The van der Waals surface area contributed by atoms with E-state index < -0.39 is 0 Å². The maximum atomic E-state index is 5.20. The van der Waals surface area contributed by atoms with Crippen LogP contribution in [0.3, 0.4) is 0 Å². The molecule has 0 spiro atoms. The lowest BCUT2D eigenvalue weighted by Gasteiger charge is -2.15. The number of hydrogen-bond donors (Lipinski definition) is 0. The number of benzene rings is 1. The first-order chi connectivity index (χ1) is 5.38. The van der Waals surface area contributed by atoms with E-state index in [1.807, 2.05) is 24.3 Å². The van der Waals surface area contributed by atoms with Crippen molar-refractivity contribution in [1.82, 2.24) is 0 Å². The molecule has 1 aliphatic heterocycles. The summed E-state index contributed by atoms with van der Waals surface area (Å²) in [5.74, 6) is 0.926. The number of nitrogens with zero attached hydrogens (tertiary/aromatic N) is 1. The Hall–Kier alpha value is -1.31. The average Bonchev–Trinajstić information content (AvgIpc) is 2.06. The summed E-state index contributed by atoms with van der Waals surface area (Å²) in [5.41, 5.74) is 1.16. The van der Waals surface area contributed by atoms with Crippen LogP contribution in [0.2, 0.25) is 0 Å². The second-order valence-electron chi connectivity index (χ2n) is 2.59. The zero-order valence-corrected chi connectivity index (χ0v) is 6.32. The van der Waals surface area contributed by atoms with Crippen LogP contribution < -0.4 is 4.74 Å². The standard InChI is InChI=1S/C9H9NO/c1-7-8-4-2-3-5-9(8)11-6-10-7/h2-7H,1H3. The number of aliphatic imine (C=N–C) groups is 1. The van der Waals surface area contributed by atoms with E-state index in [1.54, 1.807) is 0 Å². The van der Waals surface area contributed by atoms with Crippen molar-refractivity contribution in [3.63, 3.8) is 0 Å². The van der Waals surface area contributed by atoms with Gasteiger partial charge in [-0.05, 0) is 13.0 Å². The normalized spacial score (nSPS) is 20.6. The van der Waals surface area contributed by atoms with Crippen LogP contribution in [0.15, 0.2) is 29.3 Å². The predicted molar refractivity (Wildman–Crippen MR) is 44.0 cm³/mol. The predicted octanol–water partition coefficient (Wildman–Crippen LogP) is 2.17. The summed E-state index contributed by atoms with van der Waals surface area (Å²) in [6.45, 7) is 2.05. The molecule has 1 atom stereocenters. The topological polar surface area (TPSA) is 21.6 Å². The fourth-order valence-corrected chi connectivity index (χ4v) is 1.19. The van der Waals surface area contributed by atoms with Gasteiger partial charge in [0, 0.05) is 5.56 Å². The van der Waals surface area contributed by atoms with Gasteiger partial charge in [-0.15, -0.1) is 0 Å². The van der Waals surface area contributed by atoms with Crippen LogP contribution >= 0.6 is 0 Å². The third kappa shape index (κ3) is 1.00. The van der Waals surface area contributed by atoms with Crippen molar-refractivity contribution in [2.75, 3.05) is 0 Å². The Kier molecular flexibility index (Phi) is 1.39. The van der Waals surface area contributed by atoms with Gasteiger partial charge in [0.2, 0.25) is 0 Å². The lowest BCUT2D eigenvalue weighted by atomic mass is 10.1. The minimum absolute atomic E-state index is 0.236. The molecule has 0 amide bonds. The van der Waals surface area contributed by atoms with Crippen LogP contribution in [0.5, 0.6) is 5.75 Å². The summed E-state index contributed by atoms with van der Waals surface area (Å²) in [6.07, 6.45) is 1.51. The van der Waals surface area contributed by atoms with Crippen LogP contribution in [-0.4, -0.2) is 6.40 Å². The van der Waals surface area contributed by atoms with Gasteiger partial charge in [-0.25, -0.2) is 0 Å². The van der Waals surface area contributed by atoms with Gasteiger partial charge in [0.25, 0.3) is 0 Å². The molecule has 1 aromatic carbocycles. The Balaban J connectivity index is 2.50. The largest absolute Gasteiger partial charge is 0.446 e. The fourth-order valence-electron chi connectivity index (χ4n) is 1.19. The SMILES string of the molecule is CC1N=COc2ccccc21. The zero-order valence-electron chi connectivity index (χ0n) is 6.32. The molecule has 0 radical (unpaired) electrons. The molecule has 1 unspecified atom stereocenters. The van der Waals surface area contributed by atoms with E-state index in [0.717, 1.165) is 11.3 Å². The Morgan fingerprint density at radius 3 is 3.00 bits per heavy atom. The van der Waals surface area contributed by atoms with E-state index in [-0.39, 0.29) is 6.04 Å². The summed E-state index contributed by atoms with van der Waals surface area (Å²) in [7, 11) is 0. The number of hydrogen-bond acceptors (Lipinski definition) is 2. The molecule has 1 heterocycles. The van der Waals surface area contributed by atoms with Crippen LogP contribution in [0, 0.1) is 0 Å². The highest BCUT2D eigenvalue weighted by Gasteiger charge is 2.12. The Morgan fingerprint density at radius 1 is 1.36 bits per heavy atom. The van der Waals surface area contributed by atoms with E-state index in [1.165, 1.54) is 6.40 Å². The zero-order chi connectivity index (χ0) is 7.68. The van der Waals surface area contributed by atoms with E-state index in [9.17, 15) is 0 Å². The molecule has 0 saturated carbocycles. The Bertz CT molecular complexity index is 293. The first kappa shape index (κ1) is 6.40. The van der Waals surface area contributed by atoms with Gasteiger partial charge >= 0.3 is 0 Å². The molecule has 0 aromatic heterocycles. The van der Waals surface area contributed by atoms with Gasteiger partial charge in [0.05, 0.1) is 6.04 Å². The van der Waals surface area contributed by atoms with Gasteiger partial charge < -0.3 is 4.74 Å². The minimum Gasteiger partial charge on any atom is -0.446 e. The molecular weight excluding hydrogens is 138 g/mol. The molecule has 0 bridgehead atoms. The number of para-hydroxylation sites is 1. The van der Waals surface area contributed by atoms with Crippen molar-refractivity contribution < 1.29 is 4.74 Å².